The number of aromatic nitrogens is 1. The lowest BCUT2D eigenvalue weighted by Gasteiger charge is -2.39. The number of hydrogen-bond donors (Lipinski definition) is 1. The summed E-state index contributed by atoms with van der Waals surface area (Å²) in [6.45, 7) is 3.26. The van der Waals surface area contributed by atoms with Crippen LogP contribution in [-0.4, -0.2) is 47.6 Å². The van der Waals surface area contributed by atoms with Gasteiger partial charge in [-0.3, -0.25) is 14.7 Å². The molecule has 1 N–H and O–H groups in total. The molecule has 0 aromatic carbocycles. The Morgan fingerprint density at radius 3 is 2.96 bits per heavy atom. The maximum absolute atomic E-state index is 12.1. The molecule has 0 radical (unpaired) electrons. The predicted octanol–water partition coefficient (Wildman–Crippen LogP) is 2.08. The molecule has 132 valence electrons. The monoisotopic (exact) mass is 341 g/mol. The first-order chi connectivity index (χ1) is 12.3. The van der Waals surface area contributed by atoms with E-state index >= 15 is 0 Å². The number of carbonyl (C=O) groups is 1. The van der Waals surface area contributed by atoms with Crippen LogP contribution in [0.1, 0.15) is 29.0 Å². The molecular weight excluding hydrogens is 318 g/mol. The van der Waals surface area contributed by atoms with Gasteiger partial charge in [0.05, 0.1) is 19.0 Å². The number of hydrogen-bond acceptors (Lipinski definition) is 5. The summed E-state index contributed by atoms with van der Waals surface area (Å²) in [6.07, 6.45) is 7.57. The standard InChI is InChI=1S/C19H23N3O3/c23-19(17-2-1-10-24-17)21-12-15-3-4-16-18(15)25-11-9-22(16)13-14-5-7-20-8-6-14/h1-2,5-8,10,15-16,18H,3-4,9,11-13H2,(H,21,23)/t15-,16+,18-/m0/s1. The fraction of sp³-hybridized carbons (Fsp3) is 0.474. The molecule has 0 spiro atoms. The first-order valence-corrected chi connectivity index (χ1v) is 8.87. The zero-order valence-electron chi connectivity index (χ0n) is 14.1. The molecular formula is C19H23N3O3. The molecule has 3 heterocycles. The average Bonchev–Trinajstić information content (AvgIpc) is 3.31. The summed E-state index contributed by atoms with van der Waals surface area (Å²) in [7, 11) is 0. The molecule has 0 unspecified atom stereocenters. The van der Waals surface area contributed by atoms with Gasteiger partial charge < -0.3 is 14.5 Å². The van der Waals surface area contributed by atoms with Gasteiger partial charge >= 0.3 is 0 Å². The van der Waals surface area contributed by atoms with Gasteiger partial charge in [-0.25, -0.2) is 0 Å². The van der Waals surface area contributed by atoms with Gasteiger partial charge in [-0.2, -0.15) is 0 Å². The van der Waals surface area contributed by atoms with E-state index in [-0.39, 0.29) is 12.0 Å². The molecule has 6 nitrogen and oxygen atoms in total. The molecule has 1 amide bonds. The highest BCUT2D eigenvalue weighted by molar-refractivity contribution is 5.91. The Morgan fingerprint density at radius 2 is 2.16 bits per heavy atom. The Balaban J connectivity index is 1.35. The van der Waals surface area contributed by atoms with Crippen molar-refractivity contribution in [3.8, 4) is 0 Å². The fourth-order valence-electron chi connectivity index (χ4n) is 3.99. The van der Waals surface area contributed by atoms with Gasteiger partial charge in [0, 0.05) is 44.0 Å². The minimum absolute atomic E-state index is 0.155. The van der Waals surface area contributed by atoms with Crippen LogP contribution in [0.5, 0.6) is 0 Å². The van der Waals surface area contributed by atoms with Crippen LogP contribution in [0.25, 0.3) is 0 Å². The molecule has 1 saturated heterocycles. The fourth-order valence-corrected chi connectivity index (χ4v) is 3.99. The van der Waals surface area contributed by atoms with Gasteiger partial charge in [0.1, 0.15) is 0 Å². The zero-order chi connectivity index (χ0) is 17.1. The normalized spacial score (nSPS) is 26.3. The van der Waals surface area contributed by atoms with Crippen LogP contribution in [-0.2, 0) is 11.3 Å². The van der Waals surface area contributed by atoms with Crippen molar-refractivity contribution in [1.29, 1.82) is 0 Å². The third kappa shape index (κ3) is 3.60. The second kappa shape index (κ2) is 7.37. The number of nitrogens with one attached hydrogen (secondary N) is 1. The van der Waals surface area contributed by atoms with E-state index in [0.29, 0.717) is 24.3 Å². The molecule has 0 bridgehead atoms. The van der Waals surface area contributed by atoms with E-state index in [1.807, 2.05) is 12.4 Å². The lowest BCUT2D eigenvalue weighted by Crippen LogP contribution is -2.50. The topological polar surface area (TPSA) is 67.6 Å². The maximum atomic E-state index is 12.1. The molecule has 2 aromatic heterocycles. The minimum atomic E-state index is -0.155. The Hall–Kier alpha value is -2.18. The highest BCUT2D eigenvalue weighted by Crippen LogP contribution is 2.35. The number of fused-ring (bicyclic) bond motifs is 1. The molecule has 3 atom stereocenters. The summed E-state index contributed by atoms with van der Waals surface area (Å²) in [5.74, 6) is 0.556. The Labute approximate surface area is 147 Å². The Morgan fingerprint density at radius 1 is 1.28 bits per heavy atom. The second-order valence-corrected chi connectivity index (χ2v) is 6.75. The van der Waals surface area contributed by atoms with Crippen molar-refractivity contribution in [3.63, 3.8) is 0 Å². The molecule has 1 aliphatic carbocycles. The quantitative estimate of drug-likeness (QED) is 0.902. The molecule has 1 saturated carbocycles. The summed E-state index contributed by atoms with van der Waals surface area (Å²) >= 11 is 0. The van der Waals surface area contributed by atoms with E-state index in [0.717, 1.165) is 32.5 Å². The van der Waals surface area contributed by atoms with Crippen molar-refractivity contribution >= 4 is 5.91 Å². The predicted molar refractivity (Wildman–Crippen MR) is 91.9 cm³/mol. The SMILES string of the molecule is O=C(NC[C@@H]1CC[C@@H]2[C@H]1OCCN2Cc1ccncc1)c1ccco1. The first kappa shape index (κ1) is 16.3. The number of amides is 1. The van der Waals surface area contributed by atoms with Crippen molar-refractivity contribution in [3.05, 3.63) is 54.2 Å². The maximum Gasteiger partial charge on any atom is 0.286 e. The molecule has 2 aliphatic rings. The number of morpholine rings is 1. The van der Waals surface area contributed by atoms with Crippen LogP contribution in [0.4, 0.5) is 0 Å². The van der Waals surface area contributed by atoms with Gasteiger partial charge in [0.15, 0.2) is 5.76 Å². The van der Waals surface area contributed by atoms with Crippen molar-refractivity contribution in [2.24, 2.45) is 5.92 Å². The van der Waals surface area contributed by atoms with E-state index < -0.39 is 0 Å². The van der Waals surface area contributed by atoms with Gasteiger partial charge in [0.25, 0.3) is 5.91 Å². The van der Waals surface area contributed by atoms with Crippen LogP contribution in [0.2, 0.25) is 0 Å². The summed E-state index contributed by atoms with van der Waals surface area (Å²) in [5.41, 5.74) is 1.28. The highest BCUT2D eigenvalue weighted by Gasteiger charge is 2.42. The summed E-state index contributed by atoms with van der Waals surface area (Å²) in [6, 6.07) is 7.97. The van der Waals surface area contributed by atoms with Gasteiger partial charge in [-0.1, -0.05) is 0 Å². The van der Waals surface area contributed by atoms with Crippen molar-refractivity contribution in [2.45, 2.75) is 31.5 Å². The van der Waals surface area contributed by atoms with Crippen LogP contribution >= 0.6 is 0 Å². The third-order valence-corrected chi connectivity index (χ3v) is 5.24. The number of ether oxygens (including phenoxy) is 1. The first-order valence-electron chi connectivity index (χ1n) is 8.87. The Kier molecular flexibility index (Phi) is 4.81. The molecule has 2 fully saturated rings. The number of nitrogens with zero attached hydrogens (tertiary/aromatic N) is 2. The molecule has 6 heteroatoms. The van der Waals surface area contributed by atoms with Crippen molar-refractivity contribution in [2.75, 3.05) is 19.7 Å². The van der Waals surface area contributed by atoms with E-state index in [2.05, 4.69) is 27.3 Å². The summed E-state index contributed by atoms with van der Waals surface area (Å²) < 4.78 is 11.2. The van der Waals surface area contributed by atoms with Crippen molar-refractivity contribution in [1.82, 2.24) is 15.2 Å². The van der Waals surface area contributed by atoms with Crippen LogP contribution in [0.15, 0.2) is 47.3 Å². The number of pyridine rings is 1. The Bertz CT molecular complexity index is 689. The largest absolute Gasteiger partial charge is 0.459 e. The minimum Gasteiger partial charge on any atom is -0.459 e. The smallest absolute Gasteiger partial charge is 0.286 e. The van der Waals surface area contributed by atoms with Gasteiger partial charge in [0.2, 0.25) is 0 Å². The van der Waals surface area contributed by atoms with Crippen LogP contribution < -0.4 is 5.32 Å². The zero-order valence-corrected chi connectivity index (χ0v) is 14.1. The summed E-state index contributed by atoms with van der Waals surface area (Å²) in [4.78, 5) is 18.7. The van der Waals surface area contributed by atoms with Crippen molar-refractivity contribution < 1.29 is 13.9 Å². The molecule has 2 aromatic rings. The molecule has 25 heavy (non-hydrogen) atoms. The van der Waals surface area contributed by atoms with E-state index in [1.165, 1.54) is 11.8 Å². The van der Waals surface area contributed by atoms with E-state index in [4.69, 9.17) is 9.15 Å². The lowest BCUT2D eigenvalue weighted by atomic mass is 10.0. The molecule has 4 rings (SSSR count). The van der Waals surface area contributed by atoms with Gasteiger partial charge in [-0.15, -0.1) is 0 Å². The van der Waals surface area contributed by atoms with Crippen LogP contribution in [0, 0.1) is 5.92 Å². The number of rotatable bonds is 5. The number of carbonyl (C=O) groups excluding carboxylic acids is 1. The number of furan rings is 1. The lowest BCUT2D eigenvalue weighted by molar-refractivity contribution is -0.0757. The van der Waals surface area contributed by atoms with Gasteiger partial charge in [-0.05, 0) is 42.7 Å². The van der Waals surface area contributed by atoms with E-state index in [9.17, 15) is 4.79 Å². The van der Waals surface area contributed by atoms with Crippen LogP contribution in [0.3, 0.4) is 0 Å². The second-order valence-electron chi connectivity index (χ2n) is 6.75. The average molecular weight is 341 g/mol. The summed E-state index contributed by atoms with van der Waals surface area (Å²) in [5, 5.41) is 2.99. The van der Waals surface area contributed by atoms with E-state index in [1.54, 1.807) is 12.1 Å². The highest BCUT2D eigenvalue weighted by atomic mass is 16.5. The molecule has 1 aliphatic heterocycles. The third-order valence-electron chi connectivity index (χ3n) is 5.24.